The number of anilines is 2. The molecule has 0 aliphatic carbocycles. The normalized spacial score (nSPS) is 26.9. The molecule has 0 aromatic heterocycles. The molecule has 3 aliphatic heterocycles. The number of hydrogen-bond donors (Lipinski definition) is 2. The average Bonchev–Trinajstić information content (AvgIpc) is 3.43. The predicted octanol–water partition coefficient (Wildman–Crippen LogP) is 3.87. The molecule has 6 nitrogen and oxygen atoms in total. The number of para-hydroxylation sites is 1. The van der Waals surface area contributed by atoms with Crippen LogP contribution in [0.15, 0.2) is 78.9 Å². The Bertz CT molecular complexity index is 1410. The highest BCUT2D eigenvalue weighted by molar-refractivity contribution is 6.25. The standard InChI is InChI=1S/C27H20F3N3O3/c28-27(29,30)16-9-6-10-17(14-16)33-23(34)21-20(13-15-7-2-1-3-8-15)32-26(22(21)24(33)35)18-11-4-5-12-19(18)31-25(26)36/h1-12,14,20-22,32H,13H2,(H,31,36)/t20-,21+,22-,26-/m0/s1. The minimum absolute atomic E-state index is 0.158. The van der Waals surface area contributed by atoms with Crippen molar-refractivity contribution >= 4 is 29.1 Å². The first-order chi connectivity index (χ1) is 17.2. The number of carbonyl (C=O) groups excluding carboxylic acids is 3. The van der Waals surface area contributed by atoms with E-state index < -0.39 is 52.9 Å². The molecule has 0 bridgehead atoms. The highest BCUT2D eigenvalue weighted by atomic mass is 19.4. The molecule has 0 unspecified atom stereocenters. The van der Waals surface area contributed by atoms with E-state index in [1.807, 2.05) is 30.3 Å². The maximum atomic E-state index is 13.9. The van der Waals surface area contributed by atoms with Crippen LogP contribution in [0, 0.1) is 11.8 Å². The Hall–Kier alpha value is -3.98. The summed E-state index contributed by atoms with van der Waals surface area (Å²) in [4.78, 5) is 41.9. The molecule has 2 saturated heterocycles. The van der Waals surface area contributed by atoms with Gasteiger partial charge in [-0.1, -0.05) is 54.6 Å². The number of fused-ring (bicyclic) bond motifs is 4. The van der Waals surface area contributed by atoms with Gasteiger partial charge in [0.2, 0.25) is 17.7 Å². The average molecular weight is 491 g/mol. The fraction of sp³-hybridized carbons (Fsp3) is 0.222. The van der Waals surface area contributed by atoms with Crippen LogP contribution in [0.5, 0.6) is 0 Å². The zero-order valence-electron chi connectivity index (χ0n) is 18.8. The van der Waals surface area contributed by atoms with Crippen molar-refractivity contribution in [3.8, 4) is 0 Å². The highest BCUT2D eigenvalue weighted by Gasteiger charge is 2.70. The predicted molar refractivity (Wildman–Crippen MR) is 125 cm³/mol. The van der Waals surface area contributed by atoms with Gasteiger partial charge in [-0.15, -0.1) is 0 Å². The Morgan fingerprint density at radius 1 is 0.861 bits per heavy atom. The summed E-state index contributed by atoms with van der Waals surface area (Å²) in [6.07, 6.45) is -4.28. The zero-order valence-corrected chi connectivity index (χ0v) is 18.8. The molecule has 9 heteroatoms. The first kappa shape index (κ1) is 22.5. The van der Waals surface area contributed by atoms with Crippen molar-refractivity contribution in [2.45, 2.75) is 24.2 Å². The van der Waals surface area contributed by atoms with Crippen LogP contribution in [-0.2, 0) is 32.5 Å². The summed E-state index contributed by atoms with van der Waals surface area (Å²) >= 11 is 0. The van der Waals surface area contributed by atoms with Crippen molar-refractivity contribution in [3.63, 3.8) is 0 Å². The van der Waals surface area contributed by atoms with Gasteiger partial charge in [0.1, 0.15) is 5.54 Å². The summed E-state index contributed by atoms with van der Waals surface area (Å²) in [6.45, 7) is 0. The molecule has 3 amide bonds. The number of benzene rings is 3. The molecule has 1 spiro atoms. The van der Waals surface area contributed by atoms with Crippen LogP contribution in [0.2, 0.25) is 0 Å². The minimum atomic E-state index is -4.64. The van der Waals surface area contributed by atoms with Gasteiger partial charge in [-0.05, 0) is 36.2 Å². The number of amides is 3. The molecule has 6 rings (SSSR count). The molecule has 0 saturated carbocycles. The summed E-state index contributed by atoms with van der Waals surface area (Å²) in [6, 6.07) is 19.8. The van der Waals surface area contributed by atoms with E-state index in [0.29, 0.717) is 17.7 Å². The monoisotopic (exact) mass is 491 g/mol. The van der Waals surface area contributed by atoms with Gasteiger partial charge in [0.25, 0.3) is 0 Å². The van der Waals surface area contributed by atoms with Crippen LogP contribution in [0.25, 0.3) is 0 Å². The first-order valence-corrected chi connectivity index (χ1v) is 11.5. The zero-order chi connectivity index (χ0) is 25.2. The number of hydrogen-bond acceptors (Lipinski definition) is 4. The maximum Gasteiger partial charge on any atom is 0.416 e. The summed E-state index contributed by atoms with van der Waals surface area (Å²) in [5.74, 6) is -3.83. The fourth-order valence-electron chi connectivity index (χ4n) is 5.88. The number of nitrogens with zero attached hydrogens (tertiary/aromatic N) is 1. The van der Waals surface area contributed by atoms with Crippen molar-refractivity contribution in [1.82, 2.24) is 5.32 Å². The second-order valence-corrected chi connectivity index (χ2v) is 9.31. The summed E-state index contributed by atoms with van der Waals surface area (Å²) in [7, 11) is 0. The number of alkyl halides is 3. The van der Waals surface area contributed by atoms with Gasteiger partial charge in [-0.3, -0.25) is 19.7 Å². The SMILES string of the molecule is O=C1[C@@H]2[C@H](Cc3ccccc3)N[C@]3(C(=O)Nc4ccccc43)[C@@H]2C(=O)N1c1cccc(C(F)(F)F)c1. The van der Waals surface area contributed by atoms with Crippen LogP contribution in [0.3, 0.4) is 0 Å². The van der Waals surface area contributed by atoms with Crippen LogP contribution < -0.4 is 15.5 Å². The van der Waals surface area contributed by atoms with E-state index in [2.05, 4.69) is 10.6 Å². The van der Waals surface area contributed by atoms with Gasteiger partial charge in [0.15, 0.2) is 0 Å². The van der Waals surface area contributed by atoms with Gasteiger partial charge < -0.3 is 5.32 Å². The van der Waals surface area contributed by atoms with Gasteiger partial charge in [-0.2, -0.15) is 13.2 Å². The molecule has 3 aromatic rings. The largest absolute Gasteiger partial charge is 0.416 e. The van der Waals surface area contributed by atoms with Gasteiger partial charge in [0.05, 0.1) is 23.1 Å². The van der Waals surface area contributed by atoms with Crippen molar-refractivity contribution < 1.29 is 27.6 Å². The molecule has 3 aliphatic rings. The Morgan fingerprint density at radius 2 is 1.58 bits per heavy atom. The Balaban J connectivity index is 1.48. The quantitative estimate of drug-likeness (QED) is 0.546. The Kier molecular flexibility index (Phi) is 4.85. The summed E-state index contributed by atoms with van der Waals surface area (Å²) < 4.78 is 40.2. The first-order valence-electron chi connectivity index (χ1n) is 11.5. The van der Waals surface area contributed by atoms with E-state index in [0.717, 1.165) is 22.6 Å². The van der Waals surface area contributed by atoms with Gasteiger partial charge >= 0.3 is 6.18 Å². The van der Waals surface area contributed by atoms with E-state index >= 15 is 0 Å². The molecule has 2 fully saturated rings. The molecule has 4 atom stereocenters. The Labute approximate surface area is 204 Å². The number of carbonyl (C=O) groups is 3. The lowest BCUT2D eigenvalue weighted by Crippen LogP contribution is -2.53. The highest BCUT2D eigenvalue weighted by Crippen LogP contribution is 2.54. The lowest BCUT2D eigenvalue weighted by Gasteiger charge is -2.29. The number of rotatable bonds is 3. The van der Waals surface area contributed by atoms with E-state index in [1.54, 1.807) is 24.3 Å². The molecular formula is C27H20F3N3O3. The van der Waals surface area contributed by atoms with E-state index in [4.69, 9.17) is 0 Å². The third-order valence-corrected chi connectivity index (χ3v) is 7.35. The molecule has 3 aromatic carbocycles. The second kappa shape index (κ2) is 7.76. The minimum Gasteiger partial charge on any atom is -0.324 e. The topological polar surface area (TPSA) is 78.5 Å². The lowest BCUT2D eigenvalue weighted by atomic mass is 9.76. The van der Waals surface area contributed by atoms with Crippen LogP contribution in [-0.4, -0.2) is 23.8 Å². The number of nitrogens with one attached hydrogen (secondary N) is 2. The van der Waals surface area contributed by atoms with Crippen molar-refractivity contribution in [2.75, 3.05) is 10.2 Å². The van der Waals surface area contributed by atoms with Crippen LogP contribution in [0.4, 0.5) is 24.5 Å². The molecular weight excluding hydrogens is 471 g/mol. The van der Waals surface area contributed by atoms with E-state index in [1.165, 1.54) is 12.1 Å². The maximum absolute atomic E-state index is 13.9. The third-order valence-electron chi connectivity index (χ3n) is 7.35. The van der Waals surface area contributed by atoms with Crippen LogP contribution >= 0.6 is 0 Å². The van der Waals surface area contributed by atoms with Crippen molar-refractivity contribution in [3.05, 3.63) is 95.6 Å². The van der Waals surface area contributed by atoms with Crippen molar-refractivity contribution in [2.24, 2.45) is 11.8 Å². The molecule has 182 valence electrons. The summed E-state index contributed by atoms with van der Waals surface area (Å²) in [5, 5.41) is 6.14. The number of imide groups is 1. The molecule has 36 heavy (non-hydrogen) atoms. The lowest BCUT2D eigenvalue weighted by molar-refractivity contribution is -0.137. The Morgan fingerprint density at radius 3 is 2.33 bits per heavy atom. The fourth-order valence-corrected chi connectivity index (χ4v) is 5.88. The van der Waals surface area contributed by atoms with Crippen LogP contribution in [0.1, 0.15) is 16.7 Å². The van der Waals surface area contributed by atoms with Gasteiger partial charge in [0, 0.05) is 17.3 Å². The van der Waals surface area contributed by atoms with E-state index in [-0.39, 0.29) is 5.69 Å². The summed E-state index contributed by atoms with van der Waals surface area (Å²) in [5.41, 5.74) is -0.649. The smallest absolute Gasteiger partial charge is 0.324 e. The van der Waals surface area contributed by atoms with Gasteiger partial charge in [-0.25, -0.2) is 4.90 Å². The second-order valence-electron chi connectivity index (χ2n) is 9.31. The molecule has 3 heterocycles. The van der Waals surface area contributed by atoms with E-state index in [9.17, 15) is 27.6 Å². The van der Waals surface area contributed by atoms with Crippen molar-refractivity contribution in [1.29, 1.82) is 0 Å². The number of halogens is 3. The molecule has 0 radical (unpaired) electrons. The molecule has 2 N–H and O–H groups in total. The third kappa shape index (κ3) is 3.12.